The molecule has 0 fully saturated rings. The van der Waals surface area contributed by atoms with Crippen LogP contribution in [0.15, 0.2) is 36.4 Å². The molecule has 2 aromatic carbocycles. The van der Waals surface area contributed by atoms with Crippen molar-refractivity contribution in [3.8, 4) is 5.75 Å². The Hall–Kier alpha value is -1.54. The number of fused-ring (bicyclic) bond motifs is 1. The normalized spacial score (nSPS) is 12.8. The minimum atomic E-state index is 0.120. The lowest BCUT2D eigenvalue weighted by Crippen LogP contribution is -2.09. The van der Waals surface area contributed by atoms with Crippen LogP contribution < -0.4 is 5.73 Å². The van der Waals surface area contributed by atoms with E-state index in [0.29, 0.717) is 5.75 Å². The Balaban J connectivity index is 2.16. The molecular formula is C16H21NO. The van der Waals surface area contributed by atoms with Gasteiger partial charge in [0.25, 0.3) is 0 Å². The van der Waals surface area contributed by atoms with Gasteiger partial charge in [-0.25, -0.2) is 0 Å². The smallest absolute Gasteiger partial charge is 0.116 e. The van der Waals surface area contributed by atoms with Gasteiger partial charge in [0.05, 0.1) is 0 Å². The zero-order chi connectivity index (χ0) is 13.0. The summed E-state index contributed by atoms with van der Waals surface area (Å²) in [6.45, 7) is 2.20. The van der Waals surface area contributed by atoms with Crippen LogP contribution in [0.25, 0.3) is 10.8 Å². The third-order valence-electron chi connectivity index (χ3n) is 3.39. The van der Waals surface area contributed by atoms with Gasteiger partial charge in [0.1, 0.15) is 5.75 Å². The first-order valence-electron chi connectivity index (χ1n) is 6.69. The average molecular weight is 243 g/mol. The summed E-state index contributed by atoms with van der Waals surface area (Å²) in [4.78, 5) is 0. The van der Waals surface area contributed by atoms with Crippen LogP contribution in [0.3, 0.4) is 0 Å². The van der Waals surface area contributed by atoms with E-state index >= 15 is 0 Å². The molecule has 0 radical (unpaired) electrons. The molecule has 0 aromatic heterocycles. The summed E-state index contributed by atoms with van der Waals surface area (Å²) in [5.41, 5.74) is 7.39. The third-order valence-corrected chi connectivity index (χ3v) is 3.39. The molecule has 1 atom stereocenters. The van der Waals surface area contributed by atoms with Gasteiger partial charge >= 0.3 is 0 Å². The predicted molar refractivity (Wildman–Crippen MR) is 76.7 cm³/mol. The quantitative estimate of drug-likeness (QED) is 0.776. The molecule has 2 heteroatoms. The first-order chi connectivity index (χ1) is 8.70. The van der Waals surface area contributed by atoms with E-state index in [0.717, 1.165) is 17.2 Å². The van der Waals surface area contributed by atoms with E-state index in [-0.39, 0.29) is 6.04 Å². The molecule has 0 unspecified atom stereocenters. The van der Waals surface area contributed by atoms with Crippen LogP contribution in [0, 0.1) is 0 Å². The summed E-state index contributed by atoms with van der Waals surface area (Å²) in [6, 6.07) is 11.8. The summed E-state index contributed by atoms with van der Waals surface area (Å²) < 4.78 is 0. The maximum Gasteiger partial charge on any atom is 0.116 e. The highest BCUT2D eigenvalue weighted by molar-refractivity contribution is 5.84. The molecule has 0 aliphatic heterocycles. The molecule has 0 heterocycles. The first kappa shape index (κ1) is 12.9. The van der Waals surface area contributed by atoms with E-state index in [2.05, 4.69) is 19.1 Å². The molecule has 18 heavy (non-hydrogen) atoms. The zero-order valence-electron chi connectivity index (χ0n) is 10.9. The SMILES string of the molecule is CCCCC[C@H](N)c1ccc2cc(O)ccc2c1. The minimum Gasteiger partial charge on any atom is -0.508 e. The van der Waals surface area contributed by atoms with Gasteiger partial charge in [-0.15, -0.1) is 0 Å². The highest BCUT2D eigenvalue weighted by atomic mass is 16.3. The topological polar surface area (TPSA) is 46.2 Å². The van der Waals surface area contributed by atoms with E-state index in [1.165, 1.54) is 24.8 Å². The fraction of sp³-hybridized carbons (Fsp3) is 0.375. The van der Waals surface area contributed by atoms with E-state index in [4.69, 9.17) is 5.73 Å². The highest BCUT2D eigenvalue weighted by Gasteiger charge is 2.06. The van der Waals surface area contributed by atoms with Crippen molar-refractivity contribution in [2.24, 2.45) is 5.73 Å². The van der Waals surface area contributed by atoms with Crippen molar-refractivity contribution in [3.05, 3.63) is 42.0 Å². The molecule has 3 N–H and O–H groups in total. The second kappa shape index (κ2) is 5.87. The lowest BCUT2D eigenvalue weighted by atomic mass is 9.98. The van der Waals surface area contributed by atoms with Crippen LogP contribution in [0.2, 0.25) is 0 Å². The minimum absolute atomic E-state index is 0.120. The monoisotopic (exact) mass is 243 g/mol. The number of phenols is 1. The van der Waals surface area contributed by atoms with Gasteiger partial charge in [0.15, 0.2) is 0 Å². The number of unbranched alkanes of at least 4 members (excludes halogenated alkanes) is 2. The number of rotatable bonds is 5. The number of hydrogen-bond acceptors (Lipinski definition) is 2. The summed E-state index contributed by atoms with van der Waals surface area (Å²) in [5.74, 6) is 0.308. The molecule has 2 aromatic rings. The van der Waals surface area contributed by atoms with Crippen molar-refractivity contribution in [1.82, 2.24) is 0 Å². The Morgan fingerprint density at radius 3 is 2.56 bits per heavy atom. The molecule has 0 saturated carbocycles. The van der Waals surface area contributed by atoms with E-state index < -0.39 is 0 Å². The lowest BCUT2D eigenvalue weighted by molar-refractivity contribution is 0.476. The summed E-state index contributed by atoms with van der Waals surface area (Å²) >= 11 is 0. The van der Waals surface area contributed by atoms with E-state index in [9.17, 15) is 5.11 Å². The molecule has 0 aliphatic carbocycles. The van der Waals surface area contributed by atoms with Crippen molar-refractivity contribution >= 4 is 10.8 Å². The molecule has 0 amide bonds. The fourth-order valence-electron chi connectivity index (χ4n) is 2.26. The van der Waals surface area contributed by atoms with Gasteiger partial charge in [0, 0.05) is 6.04 Å². The van der Waals surface area contributed by atoms with E-state index in [1.807, 2.05) is 12.1 Å². The maximum absolute atomic E-state index is 9.43. The van der Waals surface area contributed by atoms with Crippen LogP contribution >= 0.6 is 0 Å². The van der Waals surface area contributed by atoms with Crippen molar-refractivity contribution in [2.45, 2.75) is 38.6 Å². The Kier molecular flexibility index (Phi) is 4.21. The van der Waals surface area contributed by atoms with Crippen molar-refractivity contribution < 1.29 is 5.11 Å². The number of nitrogens with two attached hydrogens (primary N) is 1. The molecular weight excluding hydrogens is 222 g/mol. The van der Waals surface area contributed by atoms with Crippen LogP contribution in [0.1, 0.15) is 44.2 Å². The molecule has 2 rings (SSSR count). The number of aromatic hydroxyl groups is 1. The van der Waals surface area contributed by atoms with Crippen LogP contribution in [-0.4, -0.2) is 5.11 Å². The Morgan fingerprint density at radius 1 is 1.06 bits per heavy atom. The molecule has 2 nitrogen and oxygen atoms in total. The Labute approximate surface area is 108 Å². The summed E-state index contributed by atoms with van der Waals surface area (Å²) in [7, 11) is 0. The molecule has 96 valence electrons. The first-order valence-corrected chi connectivity index (χ1v) is 6.69. The fourth-order valence-corrected chi connectivity index (χ4v) is 2.26. The third kappa shape index (κ3) is 3.02. The Morgan fingerprint density at radius 2 is 1.78 bits per heavy atom. The number of benzene rings is 2. The van der Waals surface area contributed by atoms with Crippen LogP contribution in [-0.2, 0) is 0 Å². The van der Waals surface area contributed by atoms with Crippen molar-refractivity contribution in [2.75, 3.05) is 0 Å². The Bertz CT molecular complexity index is 521. The molecule has 0 spiro atoms. The van der Waals surface area contributed by atoms with Gasteiger partial charge in [-0.2, -0.15) is 0 Å². The summed E-state index contributed by atoms with van der Waals surface area (Å²) in [5, 5.41) is 11.6. The molecule has 0 bridgehead atoms. The van der Waals surface area contributed by atoms with Crippen molar-refractivity contribution in [1.29, 1.82) is 0 Å². The van der Waals surface area contributed by atoms with Crippen molar-refractivity contribution in [3.63, 3.8) is 0 Å². The predicted octanol–water partition coefficient (Wildman–Crippen LogP) is 4.13. The van der Waals surface area contributed by atoms with E-state index in [1.54, 1.807) is 12.1 Å². The highest BCUT2D eigenvalue weighted by Crippen LogP contribution is 2.25. The van der Waals surface area contributed by atoms with Gasteiger partial charge < -0.3 is 10.8 Å². The van der Waals surface area contributed by atoms with Crippen LogP contribution in [0.5, 0.6) is 5.75 Å². The standard InChI is InChI=1S/C16H21NO/c1-2-3-4-5-16(17)14-7-6-13-11-15(18)9-8-12(13)10-14/h6-11,16,18H,2-5,17H2,1H3/t16-/m0/s1. The largest absolute Gasteiger partial charge is 0.508 e. The van der Waals surface area contributed by atoms with Gasteiger partial charge in [-0.1, -0.05) is 44.4 Å². The number of phenolic OH excluding ortho intramolecular Hbond substituents is 1. The summed E-state index contributed by atoms with van der Waals surface area (Å²) in [6.07, 6.45) is 4.70. The van der Waals surface area contributed by atoms with Gasteiger partial charge in [-0.05, 0) is 41.0 Å². The number of hydrogen-bond donors (Lipinski definition) is 2. The zero-order valence-corrected chi connectivity index (χ0v) is 10.9. The maximum atomic E-state index is 9.43. The van der Waals surface area contributed by atoms with Gasteiger partial charge in [0.2, 0.25) is 0 Å². The average Bonchev–Trinajstić information content (AvgIpc) is 2.38. The van der Waals surface area contributed by atoms with Gasteiger partial charge in [-0.3, -0.25) is 0 Å². The molecule has 0 saturated heterocycles. The second-order valence-corrected chi connectivity index (χ2v) is 4.89. The van der Waals surface area contributed by atoms with Crippen LogP contribution in [0.4, 0.5) is 0 Å². The second-order valence-electron chi connectivity index (χ2n) is 4.89. The molecule has 0 aliphatic rings. The lowest BCUT2D eigenvalue weighted by Gasteiger charge is -2.12.